The van der Waals surface area contributed by atoms with Crippen LogP contribution in [0.4, 0.5) is 5.88 Å². The summed E-state index contributed by atoms with van der Waals surface area (Å²) in [5.74, 6) is 0.0797. The van der Waals surface area contributed by atoms with Crippen molar-refractivity contribution in [3.8, 4) is 0 Å². The third-order valence-electron chi connectivity index (χ3n) is 4.66. The fourth-order valence-electron chi connectivity index (χ4n) is 3.38. The van der Waals surface area contributed by atoms with Crippen molar-refractivity contribution in [3.05, 3.63) is 68.0 Å². The van der Waals surface area contributed by atoms with Gasteiger partial charge in [0.05, 0.1) is 17.0 Å². The quantitative estimate of drug-likeness (QED) is 0.273. The van der Waals surface area contributed by atoms with Gasteiger partial charge in [-0.2, -0.15) is 0 Å². The van der Waals surface area contributed by atoms with Gasteiger partial charge in [0.15, 0.2) is 5.16 Å². The minimum atomic E-state index is -0.576. The number of thioether (sulfide) groups is 1. The standard InChI is InChI=1S/C19H17N3O4S/c23-18-15-7-3-4-8-16(15)20-19(21(18)13-5-1-2-6-13)27-12-11-14-9-10-17(26-14)22(24)25/h3-4,7-13H,1-2,5-6H2/b12-11+. The maximum atomic E-state index is 13.0. The molecule has 0 amide bonds. The molecule has 0 atom stereocenters. The summed E-state index contributed by atoms with van der Waals surface area (Å²) in [6, 6.07) is 10.4. The predicted molar refractivity (Wildman–Crippen MR) is 104 cm³/mol. The molecule has 8 heteroatoms. The van der Waals surface area contributed by atoms with Crippen LogP contribution in [0.15, 0.2) is 56.2 Å². The second-order valence-electron chi connectivity index (χ2n) is 6.38. The SMILES string of the molecule is O=c1c2ccccc2nc(S/C=C/c2ccc([N+](=O)[O-])o2)n1C1CCCC1. The molecular weight excluding hydrogens is 366 g/mol. The maximum Gasteiger partial charge on any atom is 0.433 e. The highest BCUT2D eigenvalue weighted by molar-refractivity contribution is 8.02. The number of fused-ring (bicyclic) bond motifs is 1. The summed E-state index contributed by atoms with van der Waals surface area (Å²) < 4.78 is 6.92. The molecule has 2 aromatic heterocycles. The van der Waals surface area contributed by atoms with Gasteiger partial charge in [0.25, 0.3) is 5.56 Å². The van der Waals surface area contributed by atoms with E-state index in [4.69, 9.17) is 4.42 Å². The van der Waals surface area contributed by atoms with Crippen molar-refractivity contribution in [1.29, 1.82) is 0 Å². The number of nitro groups is 1. The van der Waals surface area contributed by atoms with E-state index in [9.17, 15) is 14.9 Å². The van der Waals surface area contributed by atoms with E-state index in [1.54, 1.807) is 16.1 Å². The minimum absolute atomic E-state index is 0.0166. The zero-order valence-electron chi connectivity index (χ0n) is 14.4. The number of furan rings is 1. The van der Waals surface area contributed by atoms with E-state index in [-0.39, 0.29) is 17.5 Å². The van der Waals surface area contributed by atoms with Gasteiger partial charge in [-0.25, -0.2) is 4.98 Å². The number of hydrogen-bond acceptors (Lipinski definition) is 6. The third-order valence-corrected chi connectivity index (χ3v) is 5.43. The smallest absolute Gasteiger partial charge is 0.401 e. The van der Waals surface area contributed by atoms with Crippen LogP contribution in [0.3, 0.4) is 0 Å². The molecule has 1 aliphatic carbocycles. The number of para-hydroxylation sites is 1. The van der Waals surface area contributed by atoms with Gasteiger partial charge in [-0.05, 0) is 42.5 Å². The average Bonchev–Trinajstić information content (AvgIpc) is 3.34. The highest BCUT2D eigenvalue weighted by atomic mass is 32.2. The molecule has 2 heterocycles. The zero-order valence-corrected chi connectivity index (χ0v) is 15.2. The van der Waals surface area contributed by atoms with E-state index in [1.807, 2.05) is 24.3 Å². The number of benzene rings is 1. The molecule has 0 radical (unpaired) electrons. The fourth-order valence-corrected chi connectivity index (χ4v) is 4.21. The molecule has 0 bridgehead atoms. The largest absolute Gasteiger partial charge is 0.433 e. The van der Waals surface area contributed by atoms with Gasteiger partial charge in [-0.1, -0.05) is 36.7 Å². The van der Waals surface area contributed by atoms with E-state index in [0.29, 0.717) is 21.8 Å². The van der Waals surface area contributed by atoms with Crippen molar-refractivity contribution >= 4 is 34.6 Å². The molecule has 27 heavy (non-hydrogen) atoms. The molecule has 0 N–H and O–H groups in total. The monoisotopic (exact) mass is 383 g/mol. The summed E-state index contributed by atoms with van der Waals surface area (Å²) >= 11 is 1.32. The average molecular weight is 383 g/mol. The lowest BCUT2D eigenvalue weighted by atomic mass is 10.2. The van der Waals surface area contributed by atoms with Crippen LogP contribution in [0.5, 0.6) is 0 Å². The summed E-state index contributed by atoms with van der Waals surface area (Å²) in [5.41, 5.74) is 0.651. The lowest BCUT2D eigenvalue weighted by molar-refractivity contribution is -0.402. The van der Waals surface area contributed by atoms with Gasteiger partial charge in [-0.15, -0.1) is 0 Å². The van der Waals surface area contributed by atoms with Crippen LogP contribution in [-0.4, -0.2) is 14.5 Å². The zero-order chi connectivity index (χ0) is 18.8. The normalized spacial score (nSPS) is 15.1. The first kappa shape index (κ1) is 17.5. The second kappa shape index (κ2) is 7.40. The highest BCUT2D eigenvalue weighted by Crippen LogP contribution is 2.32. The van der Waals surface area contributed by atoms with Gasteiger partial charge in [-0.3, -0.25) is 19.5 Å². The van der Waals surface area contributed by atoms with Gasteiger partial charge >= 0.3 is 5.88 Å². The van der Waals surface area contributed by atoms with Crippen LogP contribution < -0.4 is 5.56 Å². The number of aromatic nitrogens is 2. The van der Waals surface area contributed by atoms with E-state index >= 15 is 0 Å². The topological polar surface area (TPSA) is 91.2 Å². The Morgan fingerprint density at radius 1 is 1.22 bits per heavy atom. The Morgan fingerprint density at radius 3 is 2.74 bits per heavy atom. The molecule has 1 aromatic carbocycles. The Hall–Kier alpha value is -2.87. The Labute approximate surface area is 158 Å². The van der Waals surface area contributed by atoms with E-state index < -0.39 is 4.92 Å². The van der Waals surface area contributed by atoms with E-state index in [0.717, 1.165) is 25.7 Å². The molecule has 3 aromatic rings. The third kappa shape index (κ3) is 3.52. The Kier molecular flexibility index (Phi) is 4.81. The van der Waals surface area contributed by atoms with Crippen molar-refractivity contribution in [3.63, 3.8) is 0 Å². The summed E-state index contributed by atoms with van der Waals surface area (Å²) in [4.78, 5) is 27.8. The van der Waals surface area contributed by atoms with Crippen molar-refractivity contribution in [2.24, 2.45) is 0 Å². The molecule has 1 fully saturated rings. The molecule has 138 valence electrons. The first-order valence-electron chi connectivity index (χ1n) is 8.72. The molecule has 1 aliphatic rings. The van der Waals surface area contributed by atoms with Gasteiger partial charge in [0.1, 0.15) is 10.7 Å². The van der Waals surface area contributed by atoms with Crippen molar-refractivity contribution in [1.82, 2.24) is 9.55 Å². The maximum absolute atomic E-state index is 13.0. The lowest BCUT2D eigenvalue weighted by Crippen LogP contribution is -2.26. The summed E-state index contributed by atoms with van der Waals surface area (Å²) in [7, 11) is 0. The van der Waals surface area contributed by atoms with Crippen LogP contribution in [0.1, 0.15) is 37.5 Å². The first-order valence-corrected chi connectivity index (χ1v) is 9.60. The highest BCUT2D eigenvalue weighted by Gasteiger charge is 2.22. The van der Waals surface area contributed by atoms with Crippen molar-refractivity contribution in [2.75, 3.05) is 0 Å². The first-order chi connectivity index (χ1) is 13.1. The van der Waals surface area contributed by atoms with Crippen LogP contribution in [0.25, 0.3) is 17.0 Å². The molecule has 0 saturated heterocycles. The fraction of sp³-hybridized carbons (Fsp3) is 0.263. The molecular formula is C19H17N3O4S. The summed E-state index contributed by atoms with van der Waals surface area (Å²) in [6.07, 6.45) is 5.81. The van der Waals surface area contributed by atoms with E-state index in [1.165, 1.54) is 23.9 Å². The van der Waals surface area contributed by atoms with Gasteiger partial charge < -0.3 is 4.42 Å². The van der Waals surface area contributed by atoms with Gasteiger partial charge in [0.2, 0.25) is 0 Å². The lowest BCUT2D eigenvalue weighted by Gasteiger charge is -2.17. The summed E-state index contributed by atoms with van der Waals surface area (Å²) in [6.45, 7) is 0. The van der Waals surface area contributed by atoms with Crippen LogP contribution in [-0.2, 0) is 0 Å². The summed E-state index contributed by atoms with van der Waals surface area (Å²) in [5, 5.41) is 13.7. The molecule has 4 rings (SSSR count). The van der Waals surface area contributed by atoms with Crippen molar-refractivity contribution < 1.29 is 9.34 Å². The van der Waals surface area contributed by atoms with Crippen LogP contribution >= 0.6 is 11.8 Å². The Bertz CT molecular complexity index is 1080. The van der Waals surface area contributed by atoms with Crippen LogP contribution in [0.2, 0.25) is 0 Å². The molecule has 1 saturated carbocycles. The minimum Gasteiger partial charge on any atom is -0.401 e. The molecule has 0 spiro atoms. The second-order valence-corrected chi connectivity index (χ2v) is 7.25. The number of hydrogen-bond donors (Lipinski definition) is 0. The number of rotatable bonds is 5. The van der Waals surface area contributed by atoms with E-state index in [2.05, 4.69) is 4.98 Å². The Morgan fingerprint density at radius 2 is 2.00 bits per heavy atom. The van der Waals surface area contributed by atoms with Gasteiger partial charge in [0, 0.05) is 6.04 Å². The predicted octanol–water partition coefficient (Wildman–Crippen LogP) is 4.78. The van der Waals surface area contributed by atoms with Crippen LogP contribution in [0, 0.1) is 10.1 Å². The Balaban J connectivity index is 1.68. The molecule has 0 unspecified atom stereocenters. The molecule has 0 aliphatic heterocycles. The molecule has 7 nitrogen and oxygen atoms in total. The number of nitrogens with zero attached hydrogens (tertiary/aromatic N) is 3. The van der Waals surface area contributed by atoms with Crippen molar-refractivity contribution in [2.45, 2.75) is 36.9 Å².